The number of ether oxygens (including phenoxy) is 2. The Bertz CT molecular complexity index is 1020. The molecule has 0 aliphatic rings. The second-order valence-corrected chi connectivity index (χ2v) is 6.41. The lowest BCUT2D eigenvalue weighted by atomic mass is 10.2. The standard InChI is InChI=1S/C23H21NO6/c1-28-23(27)17-8-5-9-18(14-17)24-21(25)15-29-22(26)13-11-19-10-12-20(30-19)16-6-3-2-4-7-16/h2-10,12,14H,11,13,15H2,1H3,(H,24,25). The molecule has 3 aromatic rings. The van der Waals surface area contributed by atoms with Crippen LogP contribution in [0.2, 0.25) is 0 Å². The van der Waals surface area contributed by atoms with Crippen molar-refractivity contribution in [2.24, 2.45) is 0 Å². The van der Waals surface area contributed by atoms with Crippen LogP contribution in [0.5, 0.6) is 0 Å². The molecule has 1 aromatic heterocycles. The van der Waals surface area contributed by atoms with E-state index in [1.165, 1.54) is 13.2 Å². The Hall–Kier alpha value is -3.87. The van der Waals surface area contributed by atoms with Gasteiger partial charge in [0.2, 0.25) is 0 Å². The van der Waals surface area contributed by atoms with Crippen LogP contribution in [0.25, 0.3) is 11.3 Å². The summed E-state index contributed by atoms with van der Waals surface area (Å²) in [5, 5.41) is 2.57. The minimum atomic E-state index is -0.508. The normalized spacial score (nSPS) is 10.3. The number of carbonyl (C=O) groups excluding carboxylic acids is 3. The van der Waals surface area contributed by atoms with Gasteiger partial charge in [0.15, 0.2) is 6.61 Å². The summed E-state index contributed by atoms with van der Waals surface area (Å²) in [5.41, 5.74) is 1.67. The average Bonchev–Trinajstić information content (AvgIpc) is 3.25. The van der Waals surface area contributed by atoms with Crippen molar-refractivity contribution in [3.63, 3.8) is 0 Å². The van der Waals surface area contributed by atoms with E-state index >= 15 is 0 Å². The Balaban J connectivity index is 1.43. The monoisotopic (exact) mass is 407 g/mol. The second-order valence-electron chi connectivity index (χ2n) is 6.41. The molecule has 0 saturated heterocycles. The van der Waals surface area contributed by atoms with Crippen LogP contribution in [0.4, 0.5) is 5.69 Å². The maximum atomic E-state index is 12.0. The summed E-state index contributed by atoms with van der Waals surface area (Å²) in [4.78, 5) is 35.4. The first-order chi connectivity index (χ1) is 14.5. The van der Waals surface area contributed by atoms with Gasteiger partial charge in [-0.25, -0.2) is 4.79 Å². The Kier molecular flexibility index (Phi) is 7.00. The lowest BCUT2D eigenvalue weighted by Crippen LogP contribution is -2.21. The van der Waals surface area contributed by atoms with E-state index in [4.69, 9.17) is 9.15 Å². The van der Waals surface area contributed by atoms with Gasteiger partial charge in [-0.05, 0) is 30.3 Å². The number of benzene rings is 2. The number of aryl methyl sites for hydroxylation is 1. The second kappa shape index (κ2) is 10.1. The molecule has 0 aliphatic carbocycles. The molecule has 7 heteroatoms. The maximum Gasteiger partial charge on any atom is 0.337 e. The van der Waals surface area contributed by atoms with Crippen molar-refractivity contribution in [3.8, 4) is 11.3 Å². The van der Waals surface area contributed by atoms with E-state index < -0.39 is 24.5 Å². The molecule has 0 fully saturated rings. The quantitative estimate of drug-likeness (QED) is 0.570. The molecule has 0 unspecified atom stereocenters. The van der Waals surface area contributed by atoms with E-state index in [0.717, 1.165) is 11.3 Å². The van der Waals surface area contributed by atoms with Gasteiger partial charge in [-0.1, -0.05) is 36.4 Å². The Morgan fingerprint density at radius 2 is 1.77 bits per heavy atom. The summed E-state index contributed by atoms with van der Waals surface area (Å²) in [6.07, 6.45) is 0.460. The van der Waals surface area contributed by atoms with Gasteiger partial charge in [0.05, 0.1) is 19.1 Å². The minimum Gasteiger partial charge on any atom is -0.465 e. The van der Waals surface area contributed by atoms with Crippen LogP contribution >= 0.6 is 0 Å². The van der Waals surface area contributed by atoms with Crippen molar-refractivity contribution in [2.45, 2.75) is 12.8 Å². The zero-order valence-corrected chi connectivity index (χ0v) is 16.4. The van der Waals surface area contributed by atoms with Crippen LogP contribution in [0.15, 0.2) is 71.1 Å². The molecule has 0 radical (unpaired) electrons. The van der Waals surface area contributed by atoms with Gasteiger partial charge in [0.1, 0.15) is 11.5 Å². The summed E-state index contributed by atoms with van der Waals surface area (Å²) in [7, 11) is 1.28. The summed E-state index contributed by atoms with van der Waals surface area (Å²) < 4.78 is 15.4. The number of methoxy groups -OCH3 is 1. The molecule has 154 valence electrons. The van der Waals surface area contributed by atoms with Crippen LogP contribution in [-0.2, 0) is 25.5 Å². The minimum absolute atomic E-state index is 0.0901. The molecular formula is C23H21NO6. The van der Waals surface area contributed by atoms with E-state index in [1.54, 1.807) is 18.2 Å². The first-order valence-corrected chi connectivity index (χ1v) is 9.33. The van der Waals surface area contributed by atoms with E-state index in [9.17, 15) is 14.4 Å². The van der Waals surface area contributed by atoms with Gasteiger partial charge < -0.3 is 19.2 Å². The number of hydrogen-bond acceptors (Lipinski definition) is 6. The summed E-state index contributed by atoms with van der Waals surface area (Å²) in [6.45, 7) is -0.422. The number of hydrogen-bond donors (Lipinski definition) is 1. The van der Waals surface area contributed by atoms with E-state index in [-0.39, 0.29) is 6.42 Å². The SMILES string of the molecule is COC(=O)c1cccc(NC(=O)COC(=O)CCc2ccc(-c3ccccc3)o2)c1. The highest BCUT2D eigenvalue weighted by atomic mass is 16.5. The molecule has 0 atom stereocenters. The van der Waals surface area contributed by atoms with Crippen LogP contribution < -0.4 is 5.32 Å². The smallest absolute Gasteiger partial charge is 0.337 e. The maximum absolute atomic E-state index is 12.0. The topological polar surface area (TPSA) is 94.8 Å². The third-order valence-corrected chi connectivity index (χ3v) is 4.23. The molecule has 0 aliphatic heterocycles. The van der Waals surface area contributed by atoms with E-state index in [1.807, 2.05) is 42.5 Å². The zero-order valence-electron chi connectivity index (χ0n) is 16.4. The Morgan fingerprint density at radius 3 is 2.53 bits per heavy atom. The molecule has 1 amide bonds. The van der Waals surface area contributed by atoms with Crippen LogP contribution in [0.1, 0.15) is 22.5 Å². The molecule has 0 saturated carbocycles. The number of amides is 1. The molecule has 1 N–H and O–H groups in total. The number of nitrogens with one attached hydrogen (secondary N) is 1. The Morgan fingerprint density at radius 1 is 0.967 bits per heavy atom. The van der Waals surface area contributed by atoms with Gasteiger partial charge in [0.25, 0.3) is 5.91 Å². The van der Waals surface area contributed by atoms with Crippen molar-refractivity contribution in [2.75, 3.05) is 19.0 Å². The van der Waals surface area contributed by atoms with Crippen LogP contribution in [0.3, 0.4) is 0 Å². The molecule has 3 rings (SSSR count). The molecule has 7 nitrogen and oxygen atoms in total. The number of carbonyl (C=O) groups is 3. The summed E-state index contributed by atoms with van der Waals surface area (Å²) in [5.74, 6) is -0.130. The predicted octanol–water partition coefficient (Wildman–Crippen LogP) is 3.85. The number of rotatable bonds is 8. The van der Waals surface area contributed by atoms with Crippen molar-refractivity contribution in [1.82, 2.24) is 0 Å². The van der Waals surface area contributed by atoms with Crippen molar-refractivity contribution >= 4 is 23.5 Å². The molecular weight excluding hydrogens is 386 g/mol. The van der Waals surface area contributed by atoms with Gasteiger partial charge in [-0.2, -0.15) is 0 Å². The number of anilines is 1. The number of esters is 2. The third-order valence-electron chi connectivity index (χ3n) is 4.23. The molecule has 1 heterocycles. The van der Waals surface area contributed by atoms with Crippen LogP contribution in [0, 0.1) is 0 Å². The lowest BCUT2D eigenvalue weighted by molar-refractivity contribution is -0.147. The molecule has 30 heavy (non-hydrogen) atoms. The molecule has 2 aromatic carbocycles. The molecule has 0 bridgehead atoms. The molecule has 0 spiro atoms. The lowest BCUT2D eigenvalue weighted by Gasteiger charge is -2.07. The average molecular weight is 407 g/mol. The van der Waals surface area contributed by atoms with Gasteiger partial charge in [-0.15, -0.1) is 0 Å². The van der Waals surface area contributed by atoms with E-state index in [0.29, 0.717) is 23.4 Å². The first-order valence-electron chi connectivity index (χ1n) is 9.33. The summed E-state index contributed by atoms with van der Waals surface area (Å²) >= 11 is 0. The van der Waals surface area contributed by atoms with Gasteiger partial charge in [0, 0.05) is 17.7 Å². The predicted molar refractivity (Wildman–Crippen MR) is 110 cm³/mol. The van der Waals surface area contributed by atoms with Crippen molar-refractivity contribution in [1.29, 1.82) is 0 Å². The third kappa shape index (κ3) is 5.81. The largest absolute Gasteiger partial charge is 0.465 e. The highest BCUT2D eigenvalue weighted by molar-refractivity contribution is 5.95. The fourth-order valence-electron chi connectivity index (χ4n) is 2.75. The van der Waals surface area contributed by atoms with Crippen molar-refractivity contribution < 1.29 is 28.3 Å². The fraction of sp³-hybridized carbons (Fsp3) is 0.174. The zero-order chi connectivity index (χ0) is 21.3. The van der Waals surface area contributed by atoms with Gasteiger partial charge in [-0.3, -0.25) is 9.59 Å². The Labute approximate surface area is 173 Å². The highest BCUT2D eigenvalue weighted by Gasteiger charge is 2.12. The number of furan rings is 1. The summed E-state index contributed by atoms with van der Waals surface area (Å²) in [6, 6.07) is 19.6. The fourth-order valence-corrected chi connectivity index (χ4v) is 2.75. The van der Waals surface area contributed by atoms with E-state index in [2.05, 4.69) is 10.1 Å². The van der Waals surface area contributed by atoms with Crippen LogP contribution in [-0.4, -0.2) is 31.6 Å². The van der Waals surface area contributed by atoms with Crippen molar-refractivity contribution in [3.05, 3.63) is 78.1 Å². The highest BCUT2D eigenvalue weighted by Crippen LogP contribution is 2.22. The van der Waals surface area contributed by atoms with Gasteiger partial charge >= 0.3 is 11.9 Å². The first kappa shape index (κ1) is 20.9.